The van der Waals surface area contributed by atoms with E-state index in [2.05, 4.69) is 4.98 Å². The van der Waals surface area contributed by atoms with Gasteiger partial charge in [0.05, 0.1) is 19.8 Å². The molecule has 2 rings (SSSR count). The highest BCUT2D eigenvalue weighted by Crippen LogP contribution is 2.17. The Kier molecular flexibility index (Phi) is 4.11. The second-order valence-electron chi connectivity index (χ2n) is 4.04. The average molecular weight is 251 g/mol. The molecule has 0 aromatic carbocycles. The summed E-state index contributed by atoms with van der Waals surface area (Å²) < 4.78 is 10.5. The largest absolute Gasteiger partial charge is 0.480 e. The third-order valence-corrected chi connectivity index (χ3v) is 2.88. The first-order valence-corrected chi connectivity index (χ1v) is 5.86. The number of rotatable bonds is 3. The predicted molar refractivity (Wildman–Crippen MR) is 65.5 cm³/mol. The van der Waals surface area contributed by atoms with Gasteiger partial charge in [-0.3, -0.25) is 4.79 Å². The molecule has 1 aromatic heterocycles. The molecule has 1 amide bonds. The van der Waals surface area contributed by atoms with Crippen LogP contribution < -0.4 is 10.5 Å². The van der Waals surface area contributed by atoms with Crippen molar-refractivity contribution in [3.8, 4) is 5.88 Å². The Balaban J connectivity index is 2.15. The molecule has 2 heterocycles. The highest BCUT2D eigenvalue weighted by Gasteiger charge is 2.26. The SMILES string of the molecule is COc1ncccc1C(=O)N1CCOC(CN)C1. The van der Waals surface area contributed by atoms with E-state index in [1.165, 1.54) is 7.11 Å². The van der Waals surface area contributed by atoms with Gasteiger partial charge in [-0.1, -0.05) is 0 Å². The molecule has 1 atom stereocenters. The number of nitrogens with two attached hydrogens (primary N) is 1. The Morgan fingerprint density at radius 1 is 1.72 bits per heavy atom. The molecule has 0 saturated carbocycles. The van der Waals surface area contributed by atoms with Gasteiger partial charge in [0.25, 0.3) is 5.91 Å². The van der Waals surface area contributed by atoms with Crippen LogP contribution in [0.3, 0.4) is 0 Å². The normalized spacial score (nSPS) is 19.7. The number of morpholine rings is 1. The Morgan fingerprint density at radius 2 is 2.56 bits per heavy atom. The lowest BCUT2D eigenvalue weighted by Gasteiger charge is -2.32. The summed E-state index contributed by atoms with van der Waals surface area (Å²) in [6, 6.07) is 3.43. The van der Waals surface area contributed by atoms with Crippen molar-refractivity contribution in [1.82, 2.24) is 9.88 Å². The number of nitrogens with zero attached hydrogens (tertiary/aromatic N) is 2. The van der Waals surface area contributed by atoms with Gasteiger partial charge < -0.3 is 20.1 Å². The zero-order valence-corrected chi connectivity index (χ0v) is 10.3. The molecule has 6 nitrogen and oxygen atoms in total. The van der Waals surface area contributed by atoms with Gasteiger partial charge in [-0.05, 0) is 12.1 Å². The smallest absolute Gasteiger partial charge is 0.259 e. The molecule has 98 valence electrons. The van der Waals surface area contributed by atoms with E-state index in [1.807, 2.05) is 0 Å². The zero-order chi connectivity index (χ0) is 13.0. The predicted octanol–water partition coefficient (Wildman–Crippen LogP) is -0.110. The van der Waals surface area contributed by atoms with E-state index in [0.717, 1.165) is 0 Å². The van der Waals surface area contributed by atoms with E-state index in [1.54, 1.807) is 23.2 Å². The molecule has 0 radical (unpaired) electrons. The van der Waals surface area contributed by atoms with Crippen molar-refractivity contribution in [2.24, 2.45) is 5.73 Å². The van der Waals surface area contributed by atoms with Crippen LogP contribution in [0.5, 0.6) is 5.88 Å². The first-order chi connectivity index (χ1) is 8.76. The van der Waals surface area contributed by atoms with Crippen LogP contribution in [0.25, 0.3) is 0 Å². The lowest BCUT2D eigenvalue weighted by Crippen LogP contribution is -2.48. The first-order valence-electron chi connectivity index (χ1n) is 5.86. The number of pyridine rings is 1. The third-order valence-electron chi connectivity index (χ3n) is 2.88. The van der Waals surface area contributed by atoms with Crippen molar-refractivity contribution in [3.63, 3.8) is 0 Å². The van der Waals surface area contributed by atoms with E-state index in [0.29, 0.717) is 37.7 Å². The Labute approximate surface area is 106 Å². The molecule has 1 fully saturated rings. The number of carbonyl (C=O) groups is 1. The summed E-state index contributed by atoms with van der Waals surface area (Å²) in [6.45, 7) is 1.99. The summed E-state index contributed by atoms with van der Waals surface area (Å²) in [7, 11) is 1.50. The summed E-state index contributed by atoms with van der Waals surface area (Å²) in [4.78, 5) is 18.1. The molecule has 2 N–H and O–H groups in total. The van der Waals surface area contributed by atoms with Gasteiger partial charge in [-0.25, -0.2) is 4.98 Å². The van der Waals surface area contributed by atoms with Crippen molar-refractivity contribution < 1.29 is 14.3 Å². The van der Waals surface area contributed by atoms with Crippen LogP contribution in [0.2, 0.25) is 0 Å². The minimum Gasteiger partial charge on any atom is -0.480 e. The maximum atomic E-state index is 12.4. The van der Waals surface area contributed by atoms with Crippen LogP contribution in [-0.2, 0) is 4.74 Å². The molecule has 0 bridgehead atoms. The maximum absolute atomic E-state index is 12.4. The molecule has 1 aliphatic heterocycles. The van der Waals surface area contributed by atoms with Crippen molar-refractivity contribution in [1.29, 1.82) is 0 Å². The molecule has 1 unspecified atom stereocenters. The summed E-state index contributed by atoms with van der Waals surface area (Å²) in [5.41, 5.74) is 6.03. The lowest BCUT2D eigenvalue weighted by atomic mass is 10.2. The minimum absolute atomic E-state index is 0.0923. The maximum Gasteiger partial charge on any atom is 0.259 e. The molecular weight excluding hydrogens is 234 g/mol. The summed E-state index contributed by atoms with van der Waals surface area (Å²) in [6.07, 6.45) is 1.50. The number of amides is 1. The van der Waals surface area contributed by atoms with E-state index in [9.17, 15) is 4.79 Å². The van der Waals surface area contributed by atoms with Crippen LogP contribution in [0.1, 0.15) is 10.4 Å². The second-order valence-corrected chi connectivity index (χ2v) is 4.04. The molecular formula is C12H17N3O3. The van der Waals surface area contributed by atoms with Crippen LogP contribution in [0.4, 0.5) is 0 Å². The molecule has 18 heavy (non-hydrogen) atoms. The van der Waals surface area contributed by atoms with E-state index in [-0.39, 0.29) is 12.0 Å². The highest BCUT2D eigenvalue weighted by molar-refractivity contribution is 5.96. The Hall–Kier alpha value is -1.66. The fraction of sp³-hybridized carbons (Fsp3) is 0.500. The Morgan fingerprint density at radius 3 is 3.28 bits per heavy atom. The minimum atomic E-state index is -0.0956. The van der Waals surface area contributed by atoms with Crippen molar-refractivity contribution in [2.75, 3.05) is 33.4 Å². The molecule has 1 aromatic rings. The molecule has 1 aliphatic rings. The van der Waals surface area contributed by atoms with Crippen LogP contribution in [-0.4, -0.2) is 55.2 Å². The molecule has 0 aliphatic carbocycles. The number of methoxy groups -OCH3 is 1. The van der Waals surface area contributed by atoms with Crippen LogP contribution >= 0.6 is 0 Å². The molecule has 0 spiro atoms. The van der Waals surface area contributed by atoms with Gasteiger partial charge in [-0.2, -0.15) is 0 Å². The van der Waals surface area contributed by atoms with Crippen LogP contribution in [0, 0.1) is 0 Å². The standard InChI is InChI=1S/C12H17N3O3/c1-17-11-10(3-2-4-14-11)12(16)15-5-6-18-9(7-13)8-15/h2-4,9H,5-8,13H2,1H3. The summed E-state index contributed by atoms with van der Waals surface area (Å²) >= 11 is 0. The van der Waals surface area contributed by atoms with Gasteiger partial charge in [0.1, 0.15) is 5.56 Å². The van der Waals surface area contributed by atoms with E-state index in [4.69, 9.17) is 15.2 Å². The van der Waals surface area contributed by atoms with Gasteiger partial charge in [0.2, 0.25) is 5.88 Å². The summed E-state index contributed by atoms with van der Waals surface area (Å²) in [5.74, 6) is 0.250. The van der Waals surface area contributed by atoms with Gasteiger partial charge in [0.15, 0.2) is 0 Å². The van der Waals surface area contributed by atoms with Crippen LogP contribution in [0.15, 0.2) is 18.3 Å². The Bertz CT molecular complexity index is 425. The quantitative estimate of drug-likeness (QED) is 0.811. The van der Waals surface area contributed by atoms with E-state index >= 15 is 0 Å². The summed E-state index contributed by atoms with van der Waals surface area (Å²) in [5, 5.41) is 0. The number of hydrogen-bond acceptors (Lipinski definition) is 5. The highest BCUT2D eigenvalue weighted by atomic mass is 16.5. The first kappa shape index (κ1) is 12.8. The average Bonchev–Trinajstić information content (AvgIpc) is 2.46. The number of carbonyl (C=O) groups excluding carboxylic acids is 1. The number of ether oxygens (including phenoxy) is 2. The fourth-order valence-corrected chi connectivity index (χ4v) is 1.93. The van der Waals surface area contributed by atoms with Crippen molar-refractivity contribution in [2.45, 2.75) is 6.10 Å². The fourth-order valence-electron chi connectivity index (χ4n) is 1.93. The van der Waals surface area contributed by atoms with Gasteiger partial charge >= 0.3 is 0 Å². The topological polar surface area (TPSA) is 77.7 Å². The lowest BCUT2D eigenvalue weighted by molar-refractivity contribution is -0.0168. The van der Waals surface area contributed by atoms with Crippen molar-refractivity contribution in [3.05, 3.63) is 23.9 Å². The monoisotopic (exact) mass is 251 g/mol. The second kappa shape index (κ2) is 5.79. The zero-order valence-electron chi connectivity index (χ0n) is 10.3. The third kappa shape index (κ3) is 2.60. The molecule has 6 heteroatoms. The van der Waals surface area contributed by atoms with Gasteiger partial charge in [-0.15, -0.1) is 0 Å². The van der Waals surface area contributed by atoms with E-state index < -0.39 is 0 Å². The molecule has 1 saturated heterocycles. The number of hydrogen-bond donors (Lipinski definition) is 1. The van der Waals surface area contributed by atoms with Crippen molar-refractivity contribution >= 4 is 5.91 Å². The van der Waals surface area contributed by atoms with Gasteiger partial charge in [0, 0.05) is 25.8 Å². The number of aromatic nitrogens is 1.